The lowest BCUT2D eigenvalue weighted by Crippen LogP contribution is -2.16. The van der Waals surface area contributed by atoms with Gasteiger partial charge in [-0.1, -0.05) is 12.7 Å². The summed E-state index contributed by atoms with van der Waals surface area (Å²) in [4.78, 5) is 12.0. The molecule has 0 atom stereocenters. The molecule has 2 heteroatoms. The zero-order valence-corrected chi connectivity index (χ0v) is 5.79. The highest BCUT2D eigenvalue weighted by molar-refractivity contribution is 5.73. The van der Waals surface area contributed by atoms with Crippen molar-refractivity contribution < 1.29 is 4.79 Å². The van der Waals surface area contributed by atoms with Crippen LogP contribution in [0.4, 0.5) is 0 Å². The van der Waals surface area contributed by atoms with Crippen molar-refractivity contribution in [3.63, 3.8) is 0 Å². The second-order valence-corrected chi connectivity index (χ2v) is 1.71. The standard InChI is InChI=1S/C7H11NO/c1-4-5-6-8(3)7(2)9/h4-6H,1H2,2-3H3/b6-5-. The van der Waals surface area contributed by atoms with E-state index in [0.717, 1.165) is 0 Å². The SMILES string of the molecule is C=C/C=C\N(C)C(C)=O. The maximum atomic E-state index is 10.5. The van der Waals surface area contributed by atoms with Crippen LogP contribution in [0.15, 0.2) is 24.9 Å². The molecular formula is C7H11NO. The normalized spacial score (nSPS) is 9.56. The van der Waals surface area contributed by atoms with Crippen molar-refractivity contribution in [2.45, 2.75) is 6.92 Å². The minimum atomic E-state index is 0.0214. The summed E-state index contributed by atoms with van der Waals surface area (Å²) in [5.41, 5.74) is 0. The van der Waals surface area contributed by atoms with Crippen molar-refractivity contribution in [1.82, 2.24) is 4.90 Å². The average Bonchev–Trinajstić information content (AvgIpc) is 1.82. The van der Waals surface area contributed by atoms with E-state index in [2.05, 4.69) is 6.58 Å². The number of allylic oxidation sites excluding steroid dienone is 2. The summed E-state index contributed by atoms with van der Waals surface area (Å²) in [7, 11) is 1.70. The molecule has 0 saturated carbocycles. The number of nitrogens with zero attached hydrogens (tertiary/aromatic N) is 1. The lowest BCUT2D eigenvalue weighted by Gasteiger charge is -2.05. The Kier molecular flexibility index (Phi) is 3.44. The van der Waals surface area contributed by atoms with E-state index in [4.69, 9.17) is 0 Å². The molecule has 50 valence electrons. The van der Waals surface area contributed by atoms with E-state index in [1.165, 1.54) is 11.8 Å². The number of amides is 1. The first-order valence-electron chi connectivity index (χ1n) is 2.71. The van der Waals surface area contributed by atoms with E-state index >= 15 is 0 Å². The molecular weight excluding hydrogens is 114 g/mol. The van der Waals surface area contributed by atoms with Gasteiger partial charge in [0.2, 0.25) is 5.91 Å². The molecule has 0 N–H and O–H groups in total. The van der Waals surface area contributed by atoms with E-state index in [1.807, 2.05) is 0 Å². The van der Waals surface area contributed by atoms with E-state index in [0.29, 0.717) is 0 Å². The smallest absolute Gasteiger partial charge is 0.223 e. The second-order valence-electron chi connectivity index (χ2n) is 1.71. The average molecular weight is 125 g/mol. The number of hydrogen-bond donors (Lipinski definition) is 0. The number of carbonyl (C=O) groups excluding carboxylic acids is 1. The van der Waals surface area contributed by atoms with Crippen molar-refractivity contribution in [3.05, 3.63) is 24.9 Å². The van der Waals surface area contributed by atoms with E-state index in [1.54, 1.807) is 25.4 Å². The molecule has 0 aromatic carbocycles. The highest BCUT2D eigenvalue weighted by Crippen LogP contribution is 1.84. The minimum absolute atomic E-state index is 0.0214. The summed E-state index contributed by atoms with van der Waals surface area (Å²) >= 11 is 0. The van der Waals surface area contributed by atoms with Gasteiger partial charge in [0, 0.05) is 20.2 Å². The van der Waals surface area contributed by atoms with Crippen LogP contribution in [-0.2, 0) is 4.79 Å². The van der Waals surface area contributed by atoms with Gasteiger partial charge in [-0.2, -0.15) is 0 Å². The van der Waals surface area contributed by atoms with Gasteiger partial charge in [0.25, 0.3) is 0 Å². The summed E-state index contributed by atoms with van der Waals surface area (Å²) < 4.78 is 0. The highest BCUT2D eigenvalue weighted by atomic mass is 16.2. The summed E-state index contributed by atoms with van der Waals surface area (Å²) in [6.45, 7) is 4.97. The van der Waals surface area contributed by atoms with Gasteiger partial charge < -0.3 is 4.90 Å². The van der Waals surface area contributed by atoms with E-state index < -0.39 is 0 Å². The molecule has 2 nitrogen and oxygen atoms in total. The minimum Gasteiger partial charge on any atom is -0.322 e. The quantitative estimate of drug-likeness (QED) is 0.507. The van der Waals surface area contributed by atoms with Gasteiger partial charge >= 0.3 is 0 Å². The van der Waals surface area contributed by atoms with Crippen LogP contribution in [0.3, 0.4) is 0 Å². The van der Waals surface area contributed by atoms with Crippen LogP contribution in [0.5, 0.6) is 0 Å². The Bertz CT molecular complexity index is 138. The predicted molar refractivity (Wildman–Crippen MR) is 37.8 cm³/mol. The number of rotatable bonds is 2. The first kappa shape index (κ1) is 7.95. The Morgan fingerprint density at radius 1 is 1.67 bits per heavy atom. The largest absolute Gasteiger partial charge is 0.322 e. The Labute approximate surface area is 55.5 Å². The molecule has 1 amide bonds. The fraction of sp³-hybridized carbons (Fsp3) is 0.286. The Balaban J connectivity index is 3.75. The zero-order valence-electron chi connectivity index (χ0n) is 5.79. The molecule has 0 aliphatic rings. The summed E-state index contributed by atoms with van der Waals surface area (Å²) in [6, 6.07) is 0. The molecule has 9 heavy (non-hydrogen) atoms. The lowest BCUT2D eigenvalue weighted by atomic mass is 10.5. The Morgan fingerprint density at radius 3 is 2.56 bits per heavy atom. The first-order valence-corrected chi connectivity index (χ1v) is 2.71. The number of carbonyl (C=O) groups is 1. The molecule has 0 rings (SSSR count). The third-order valence-electron chi connectivity index (χ3n) is 0.942. The summed E-state index contributed by atoms with van der Waals surface area (Å²) in [5.74, 6) is 0.0214. The molecule has 0 heterocycles. The van der Waals surface area contributed by atoms with Crippen molar-refractivity contribution in [2.24, 2.45) is 0 Å². The monoisotopic (exact) mass is 125 g/mol. The Hall–Kier alpha value is -1.05. The van der Waals surface area contributed by atoms with Gasteiger partial charge in [-0.05, 0) is 6.08 Å². The van der Waals surface area contributed by atoms with Crippen LogP contribution in [0.1, 0.15) is 6.92 Å². The maximum Gasteiger partial charge on any atom is 0.223 e. The van der Waals surface area contributed by atoms with Gasteiger partial charge in [0.15, 0.2) is 0 Å². The van der Waals surface area contributed by atoms with Crippen LogP contribution in [0, 0.1) is 0 Å². The van der Waals surface area contributed by atoms with Gasteiger partial charge in [-0.15, -0.1) is 0 Å². The predicted octanol–water partition coefficient (Wildman–Crippen LogP) is 1.16. The molecule has 0 bridgehead atoms. The van der Waals surface area contributed by atoms with Crippen molar-refractivity contribution in [1.29, 1.82) is 0 Å². The molecule has 0 fully saturated rings. The topological polar surface area (TPSA) is 20.3 Å². The highest BCUT2D eigenvalue weighted by Gasteiger charge is 1.92. The third-order valence-corrected chi connectivity index (χ3v) is 0.942. The van der Waals surface area contributed by atoms with Gasteiger partial charge in [-0.3, -0.25) is 4.79 Å². The summed E-state index contributed by atoms with van der Waals surface area (Å²) in [5, 5.41) is 0. The molecule has 0 unspecified atom stereocenters. The van der Waals surface area contributed by atoms with Gasteiger partial charge in [0.05, 0.1) is 0 Å². The zero-order chi connectivity index (χ0) is 7.28. The lowest BCUT2D eigenvalue weighted by molar-refractivity contribution is -0.125. The van der Waals surface area contributed by atoms with Gasteiger partial charge in [0.1, 0.15) is 0 Å². The molecule has 0 aliphatic carbocycles. The van der Waals surface area contributed by atoms with Crippen molar-refractivity contribution in [3.8, 4) is 0 Å². The fourth-order valence-electron chi connectivity index (χ4n) is 0.295. The van der Waals surface area contributed by atoms with Gasteiger partial charge in [-0.25, -0.2) is 0 Å². The van der Waals surface area contributed by atoms with Crippen LogP contribution in [-0.4, -0.2) is 17.9 Å². The van der Waals surface area contributed by atoms with Crippen molar-refractivity contribution >= 4 is 5.91 Å². The van der Waals surface area contributed by atoms with E-state index in [9.17, 15) is 4.79 Å². The van der Waals surface area contributed by atoms with Crippen molar-refractivity contribution in [2.75, 3.05) is 7.05 Å². The second kappa shape index (κ2) is 3.89. The molecule has 0 aromatic heterocycles. The Morgan fingerprint density at radius 2 is 2.22 bits per heavy atom. The molecule has 0 spiro atoms. The molecule has 0 radical (unpaired) electrons. The number of hydrogen-bond acceptors (Lipinski definition) is 1. The molecule has 0 aromatic rings. The molecule has 0 aliphatic heterocycles. The van der Waals surface area contributed by atoms with Crippen LogP contribution >= 0.6 is 0 Å². The third kappa shape index (κ3) is 3.53. The molecule has 0 saturated heterocycles. The fourth-order valence-corrected chi connectivity index (χ4v) is 0.295. The maximum absolute atomic E-state index is 10.5. The summed E-state index contributed by atoms with van der Waals surface area (Å²) in [6.07, 6.45) is 5.00. The van der Waals surface area contributed by atoms with Crippen LogP contribution < -0.4 is 0 Å². The van der Waals surface area contributed by atoms with Crippen LogP contribution in [0.25, 0.3) is 0 Å². The van der Waals surface area contributed by atoms with E-state index in [-0.39, 0.29) is 5.91 Å². The first-order chi connectivity index (χ1) is 4.18. The van der Waals surface area contributed by atoms with Crippen LogP contribution in [0.2, 0.25) is 0 Å².